The van der Waals surface area contributed by atoms with Gasteiger partial charge in [0.05, 0.1) is 11.1 Å². The molecule has 2 aliphatic rings. The monoisotopic (exact) mass is 461 g/mol. The van der Waals surface area contributed by atoms with Crippen molar-refractivity contribution >= 4 is 26.9 Å². The molecule has 2 unspecified atom stereocenters. The molecule has 0 spiro atoms. The molecule has 2 fully saturated rings. The fourth-order valence-electron chi connectivity index (χ4n) is 4.56. The van der Waals surface area contributed by atoms with Crippen molar-refractivity contribution in [3.8, 4) is 0 Å². The molecule has 2 aromatic heterocycles. The number of pyridine rings is 1. The molecule has 7 nitrogen and oxygen atoms in total. The Hall–Kier alpha value is -2.85. The van der Waals surface area contributed by atoms with Crippen LogP contribution >= 0.6 is 0 Å². The molecule has 2 atom stereocenters. The average molecular weight is 461 g/mol. The predicted molar refractivity (Wildman–Crippen MR) is 112 cm³/mol. The topological polar surface area (TPSA) is 92.5 Å². The van der Waals surface area contributed by atoms with Crippen molar-refractivity contribution in [1.29, 1.82) is 0 Å². The minimum absolute atomic E-state index is 0.0562. The van der Waals surface area contributed by atoms with Gasteiger partial charge in [0, 0.05) is 43.6 Å². The van der Waals surface area contributed by atoms with Crippen molar-refractivity contribution in [2.75, 3.05) is 13.1 Å². The quantitative estimate of drug-likeness (QED) is 0.629. The molecule has 1 amide bonds. The van der Waals surface area contributed by atoms with Gasteiger partial charge in [-0.25, -0.2) is 17.2 Å². The SMILES string of the molecule is O=C(NCc1ccc(S(=O)(=O)N2CC3CCC(F)(F)C3C2)cc1)c1cc2ccncc2o1. The van der Waals surface area contributed by atoms with Crippen LogP contribution in [0.25, 0.3) is 11.0 Å². The lowest BCUT2D eigenvalue weighted by Crippen LogP contribution is -2.33. The number of hydrogen-bond donors (Lipinski definition) is 1. The van der Waals surface area contributed by atoms with Crippen LogP contribution in [0.3, 0.4) is 0 Å². The molecule has 3 aromatic rings. The highest BCUT2D eigenvalue weighted by atomic mass is 32.2. The summed E-state index contributed by atoms with van der Waals surface area (Å²) in [6.07, 6.45) is 3.32. The van der Waals surface area contributed by atoms with Crippen LogP contribution in [-0.2, 0) is 16.6 Å². The zero-order valence-electron chi connectivity index (χ0n) is 17.0. The van der Waals surface area contributed by atoms with Crippen LogP contribution in [-0.4, -0.2) is 42.6 Å². The zero-order valence-corrected chi connectivity index (χ0v) is 17.8. The highest BCUT2D eigenvalue weighted by molar-refractivity contribution is 7.89. The second-order valence-corrected chi connectivity index (χ2v) is 10.3. The van der Waals surface area contributed by atoms with E-state index in [1.165, 1.54) is 22.6 Å². The molecule has 0 bridgehead atoms. The summed E-state index contributed by atoms with van der Waals surface area (Å²) in [7, 11) is -3.85. The smallest absolute Gasteiger partial charge is 0.287 e. The number of amides is 1. The van der Waals surface area contributed by atoms with E-state index in [-0.39, 0.29) is 42.6 Å². The van der Waals surface area contributed by atoms with Gasteiger partial charge in [-0.05, 0) is 42.2 Å². The number of carbonyl (C=O) groups excluding carboxylic acids is 1. The maximum atomic E-state index is 14.0. The first-order chi connectivity index (χ1) is 15.2. The fourth-order valence-corrected chi connectivity index (χ4v) is 6.08. The zero-order chi connectivity index (χ0) is 22.5. The lowest BCUT2D eigenvalue weighted by Gasteiger charge is -2.20. The summed E-state index contributed by atoms with van der Waals surface area (Å²) in [4.78, 5) is 16.3. The number of hydrogen-bond acceptors (Lipinski definition) is 5. The van der Waals surface area contributed by atoms with Crippen LogP contribution in [0.5, 0.6) is 0 Å². The van der Waals surface area contributed by atoms with E-state index in [1.807, 2.05) is 0 Å². The Morgan fingerprint density at radius 2 is 2.00 bits per heavy atom. The minimum atomic E-state index is -3.85. The predicted octanol–water partition coefficient (Wildman–Crippen LogP) is 3.42. The summed E-state index contributed by atoms with van der Waals surface area (Å²) in [5.41, 5.74) is 1.20. The number of carbonyl (C=O) groups is 1. The summed E-state index contributed by atoms with van der Waals surface area (Å²) in [5, 5.41) is 3.50. The first kappa shape index (κ1) is 21.0. The normalized spacial score (nSPS) is 22.8. The molecule has 5 rings (SSSR count). The number of furan rings is 1. The summed E-state index contributed by atoms with van der Waals surface area (Å²) in [6.45, 7) is 0.160. The number of benzene rings is 1. The Morgan fingerprint density at radius 1 is 1.22 bits per heavy atom. The number of nitrogens with zero attached hydrogens (tertiary/aromatic N) is 2. The maximum absolute atomic E-state index is 14.0. The van der Waals surface area contributed by atoms with Crippen LogP contribution in [0.1, 0.15) is 29.0 Å². The van der Waals surface area contributed by atoms with Crippen LogP contribution in [0.4, 0.5) is 8.78 Å². The molecule has 1 aromatic carbocycles. The number of alkyl halides is 2. The van der Waals surface area contributed by atoms with Gasteiger partial charge in [0.2, 0.25) is 10.0 Å². The van der Waals surface area contributed by atoms with Gasteiger partial charge < -0.3 is 9.73 Å². The van der Waals surface area contributed by atoms with Gasteiger partial charge in [0.1, 0.15) is 0 Å². The Morgan fingerprint density at radius 3 is 2.72 bits per heavy atom. The first-order valence-electron chi connectivity index (χ1n) is 10.3. The van der Waals surface area contributed by atoms with Crippen molar-refractivity contribution in [2.45, 2.75) is 30.2 Å². The first-order valence-corrected chi connectivity index (χ1v) is 11.8. The highest BCUT2D eigenvalue weighted by Gasteiger charge is 2.55. The van der Waals surface area contributed by atoms with Gasteiger partial charge in [-0.2, -0.15) is 4.31 Å². The van der Waals surface area contributed by atoms with Gasteiger partial charge in [-0.15, -0.1) is 0 Å². The van der Waals surface area contributed by atoms with Crippen molar-refractivity contribution < 1.29 is 26.4 Å². The van der Waals surface area contributed by atoms with E-state index < -0.39 is 27.8 Å². The molecule has 1 saturated carbocycles. The fraction of sp³-hybridized carbons (Fsp3) is 0.364. The van der Waals surface area contributed by atoms with E-state index in [1.54, 1.807) is 30.5 Å². The number of rotatable bonds is 5. The molecule has 1 aliphatic carbocycles. The molecular formula is C22H21F2N3O4S. The summed E-state index contributed by atoms with van der Waals surface area (Å²) >= 11 is 0. The summed E-state index contributed by atoms with van der Waals surface area (Å²) < 4.78 is 60.4. The van der Waals surface area contributed by atoms with Crippen LogP contribution in [0, 0.1) is 11.8 Å². The molecule has 0 radical (unpaired) electrons. The molecule has 1 aliphatic heterocycles. The molecule has 1 N–H and O–H groups in total. The van der Waals surface area contributed by atoms with E-state index in [0.29, 0.717) is 17.6 Å². The largest absolute Gasteiger partial charge is 0.449 e. The Kier molecular flexibility index (Phi) is 5.01. The van der Waals surface area contributed by atoms with Crippen LogP contribution in [0.2, 0.25) is 0 Å². The molecule has 1 saturated heterocycles. The third kappa shape index (κ3) is 3.67. The van der Waals surface area contributed by atoms with Crippen molar-refractivity contribution in [2.24, 2.45) is 11.8 Å². The molecule has 3 heterocycles. The Bertz CT molecular complexity index is 1240. The van der Waals surface area contributed by atoms with E-state index in [2.05, 4.69) is 10.3 Å². The highest BCUT2D eigenvalue weighted by Crippen LogP contribution is 2.49. The number of fused-ring (bicyclic) bond motifs is 2. The van der Waals surface area contributed by atoms with E-state index >= 15 is 0 Å². The second-order valence-electron chi connectivity index (χ2n) is 8.34. The molecule has 168 valence electrons. The van der Waals surface area contributed by atoms with Crippen molar-refractivity contribution in [3.05, 3.63) is 60.1 Å². The third-order valence-electron chi connectivity index (χ3n) is 6.36. The number of aromatic nitrogens is 1. The number of halogens is 2. The molecule has 32 heavy (non-hydrogen) atoms. The second kappa shape index (κ2) is 7.63. The lowest BCUT2D eigenvalue weighted by atomic mass is 9.99. The summed E-state index contributed by atoms with van der Waals surface area (Å²) in [5.74, 6) is -4.23. The van der Waals surface area contributed by atoms with E-state index in [0.717, 1.165) is 5.39 Å². The van der Waals surface area contributed by atoms with Crippen molar-refractivity contribution in [1.82, 2.24) is 14.6 Å². The Balaban J connectivity index is 1.23. The van der Waals surface area contributed by atoms with Gasteiger partial charge in [0.25, 0.3) is 11.8 Å². The van der Waals surface area contributed by atoms with Gasteiger partial charge in [-0.3, -0.25) is 9.78 Å². The van der Waals surface area contributed by atoms with Gasteiger partial charge in [0.15, 0.2) is 11.3 Å². The molecule has 10 heteroatoms. The van der Waals surface area contributed by atoms with E-state index in [4.69, 9.17) is 4.42 Å². The number of sulfonamides is 1. The number of nitrogens with one attached hydrogen (secondary N) is 1. The van der Waals surface area contributed by atoms with Crippen LogP contribution in [0.15, 0.2) is 58.1 Å². The average Bonchev–Trinajstić information content (AvgIpc) is 3.47. The standard InChI is InChI=1S/C22H21F2N3O4S/c23-22(24)7-5-16-12-27(13-18(16)22)32(29,30)17-3-1-14(2-4-17)10-26-21(28)19-9-15-6-8-25-11-20(15)31-19/h1-4,6,8-9,11,16,18H,5,7,10,12-13H2,(H,26,28). The third-order valence-corrected chi connectivity index (χ3v) is 8.21. The minimum Gasteiger partial charge on any atom is -0.449 e. The van der Waals surface area contributed by atoms with Crippen LogP contribution < -0.4 is 5.32 Å². The lowest BCUT2D eigenvalue weighted by molar-refractivity contribution is -0.0376. The van der Waals surface area contributed by atoms with Gasteiger partial charge in [-0.1, -0.05) is 12.1 Å². The van der Waals surface area contributed by atoms with Crippen molar-refractivity contribution in [3.63, 3.8) is 0 Å². The van der Waals surface area contributed by atoms with E-state index in [9.17, 15) is 22.0 Å². The maximum Gasteiger partial charge on any atom is 0.287 e. The van der Waals surface area contributed by atoms with Gasteiger partial charge >= 0.3 is 0 Å². The Labute approximate surface area is 183 Å². The molecular weight excluding hydrogens is 440 g/mol. The summed E-state index contributed by atoms with van der Waals surface area (Å²) in [6, 6.07) is 9.44.